The van der Waals surface area contributed by atoms with Gasteiger partial charge in [0.2, 0.25) is 0 Å². The Morgan fingerprint density at radius 2 is 2.06 bits per heavy atom. The highest BCUT2D eigenvalue weighted by atomic mass is 19.4. The van der Waals surface area contributed by atoms with E-state index in [2.05, 4.69) is 4.74 Å². The molecule has 0 aromatic carbocycles. The molecule has 1 rings (SSSR count). The van der Waals surface area contributed by atoms with Crippen LogP contribution >= 0.6 is 0 Å². The van der Waals surface area contributed by atoms with Gasteiger partial charge >= 0.3 is 12.3 Å². The second kappa shape index (κ2) is 4.54. The Hall–Kier alpha value is -1.53. The minimum absolute atomic E-state index is 0.0197. The number of hydrogen-bond donors (Lipinski definition) is 0. The van der Waals surface area contributed by atoms with E-state index >= 15 is 0 Å². The fraction of sp³-hybridized carbons (Fsp3) is 0.556. The smallest absolute Gasteiger partial charge is 0.452 e. The third-order valence-electron chi connectivity index (χ3n) is 2.12. The maximum absolute atomic E-state index is 12.1. The molecule has 0 N–H and O–H groups in total. The molecule has 4 nitrogen and oxygen atoms in total. The number of carbonyl (C=O) groups excluding carboxylic acids is 2. The Labute approximate surface area is 89.7 Å². The monoisotopic (exact) mass is 237 g/mol. The number of halogens is 3. The van der Waals surface area contributed by atoms with Crippen LogP contribution < -0.4 is 0 Å². The zero-order valence-corrected chi connectivity index (χ0v) is 8.50. The molecule has 0 aromatic rings. The van der Waals surface area contributed by atoms with Crippen LogP contribution in [0.25, 0.3) is 0 Å². The first-order chi connectivity index (χ1) is 7.36. The van der Waals surface area contributed by atoms with Crippen molar-refractivity contribution in [3.05, 3.63) is 11.8 Å². The molecule has 0 bridgehead atoms. The summed E-state index contributed by atoms with van der Waals surface area (Å²) in [6.07, 6.45) is -4.43. The Morgan fingerprint density at radius 1 is 1.44 bits per heavy atom. The van der Waals surface area contributed by atoms with Crippen LogP contribution in [0.2, 0.25) is 0 Å². The van der Waals surface area contributed by atoms with Crippen molar-refractivity contribution < 1.29 is 27.5 Å². The average Bonchev–Trinajstić information content (AvgIpc) is 2.26. The summed E-state index contributed by atoms with van der Waals surface area (Å²) in [4.78, 5) is 22.9. The Morgan fingerprint density at radius 3 is 2.56 bits per heavy atom. The van der Waals surface area contributed by atoms with Crippen molar-refractivity contribution in [3.63, 3.8) is 0 Å². The van der Waals surface area contributed by atoms with Crippen LogP contribution in [0, 0.1) is 0 Å². The Kier molecular flexibility index (Phi) is 3.56. The first kappa shape index (κ1) is 12.5. The number of amides is 1. The van der Waals surface area contributed by atoms with Crippen LogP contribution in [0.4, 0.5) is 18.0 Å². The van der Waals surface area contributed by atoms with E-state index in [4.69, 9.17) is 0 Å². The van der Waals surface area contributed by atoms with Gasteiger partial charge in [0.05, 0.1) is 7.11 Å². The van der Waals surface area contributed by atoms with E-state index in [1.54, 1.807) is 0 Å². The average molecular weight is 237 g/mol. The van der Waals surface area contributed by atoms with Crippen molar-refractivity contribution in [2.45, 2.75) is 19.0 Å². The lowest BCUT2D eigenvalue weighted by atomic mass is 10.0. The zero-order chi connectivity index (χ0) is 12.3. The van der Waals surface area contributed by atoms with Gasteiger partial charge in [-0.1, -0.05) is 0 Å². The number of alkyl halides is 3. The molecular weight excluding hydrogens is 227 g/mol. The normalized spacial score (nSPS) is 16.8. The van der Waals surface area contributed by atoms with Gasteiger partial charge in [-0.05, 0) is 12.8 Å². The van der Waals surface area contributed by atoms with Gasteiger partial charge in [0, 0.05) is 18.3 Å². The van der Waals surface area contributed by atoms with Crippen molar-refractivity contribution in [1.82, 2.24) is 4.90 Å². The van der Waals surface area contributed by atoms with Gasteiger partial charge < -0.3 is 4.74 Å². The SMILES string of the molecule is COC(=O)N1C=C(C(=O)C(F)(F)F)CCC1. The maximum atomic E-state index is 12.1. The fourth-order valence-electron chi connectivity index (χ4n) is 1.37. The van der Waals surface area contributed by atoms with Gasteiger partial charge in [0.25, 0.3) is 5.78 Å². The van der Waals surface area contributed by atoms with Gasteiger partial charge in [-0.25, -0.2) is 4.79 Å². The van der Waals surface area contributed by atoms with Gasteiger partial charge in [0.15, 0.2) is 0 Å². The number of methoxy groups -OCH3 is 1. The number of hydrogen-bond acceptors (Lipinski definition) is 3. The van der Waals surface area contributed by atoms with Gasteiger partial charge in [-0.15, -0.1) is 0 Å². The highest BCUT2D eigenvalue weighted by Crippen LogP contribution is 2.25. The first-order valence-corrected chi connectivity index (χ1v) is 4.53. The van der Waals surface area contributed by atoms with Crippen molar-refractivity contribution in [2.24, 2.45) is 0 Å². The maximum Gasteiger partial charge on any atom is 0.454 e. The van der Waals surface area contributed by atoms with Gasteiger partial charge in [0.1, 0.15) is 0 Å². The van der Waals surface area contributed by atoms with E-state index in [1.165, 1.54) is 0 Å². The van der Waals surface area contributed by atoms with Crippen LogP contribution in [-0.2, 0) is 9.53 Å². The van der Waals surface area contributed by atoms with Crippen LogP contribution in [-0.4, -0.2) is 36.6 Å². The van der Waals surface area contributed by atoms with Crippen LogP contribution in [0.3, 0.4) is 0 Å². The number of ether oxygens (including phenoxy) is 1. The summed E-state index contributed by atoms with van der Waals surface area (Å²) in [5.41, 5.74) is -0.413. The topological polar surface area (TPSA) is 46.6 Å². The molecule has 7 heteroatoms. The molecular formula is C9H10F3NO3. The summed E-state index contributed by atoms with van der Waals surface area (Å²) in [7, 11) is 1.12. The molecule has 0 saturated heterocycles. The predicted octanol–water partition coefficient (Wildman–Crippen LogP) is 1.86. The first-order valence-electron chi connectivity index (χ1n) is 4.53. The fourth-order valence-corrected chi connectivity index (χ4v) is 1.37. The largest absolute Gasteiger partial charge is 0.454 e. The zero-order valence-electron chi connectivity index (χ0n) is 8.50. The highest BCUT2D eigenvalue weighted by molar-refractivity contribution is 5.99. The standard InChI is InChI=1S/C9H10F3NO3/c1-16-8(15)13-4-2-3-6(5-13)7(14)9(10,11)12/h5H,2-4H2,1H3. The summed E-state index contributed by atoms with van der Waals surface area (Å²) in [5.74, 6) is -1.90. The third kappa shape index (κ3) is 2.74. The summed E-state index contributed by atoms with van der Waals surface area (Å²) in [6.45, 7) is 0.251. The second-order valence-electron chi connectivity index (χ2n) is 3.25. The van der Waals surface area contributed by atoms with E-state index in [9.17, 15) is 22.8 Å². The quantitative estimate of drug-likeness (QED) is 0.699. The third-order valence-corrected chi connectivity index (χ3v) is 2.12. The molecule has 0 spiro atoms. The summed E-state index contributed by atoms with van der Waals surface area (Å²) >= 11 is 0. The number of allylic oxidation sites excluding steroid dienone is 1. The minimum Gasteiger partial charge on any atom is -0.452 e. The van der Waals surface area contributed by atoms with Crippen LogP contribution in [0.1, 0.15) is 12.8 Å². The van der Waals surface area contributed by atoms with Gasteiger partial charge in [-0.3, -0.25) is 9.69 Å². The van der Waals surface area contributed by atoms with Crippen molar-refractivity contribution in [2.75, 3.05) is 13.7 Å². The number of carbonyl (C=O) groups is 2. The molecule has 0 aliphatic carbocycles. The summed E-state index contributed by atoms with van der Waals surface area (Å²) < 4.78 is 40.7. The highest BCUT2D eigenvalue weighted by Gasteiger charge is 2.41. The van der Waals surface area contributed by atoms with Gasteiger partial charge in [-0.2, -0.15) is 13.2 Å². The number of rotatable bonds is 1. The molecule has 0 unspecified atom stereocenters. The number of Topliss-reactive ketones (excluding diaryl/α,β-unsaturated/α-hetero) is 1. The molecule has 1 amide bonds. The predicted molar refractivity (Wildman–Crippen MR) is 47.5 cm³/mol. The summed E-state index contributed by atoms with van der Waals surface area (Å²) in [5, 5.41) is 0. The minimum atomic E-state index is -4.90. The summed E-state index contributed by atoms with van der Waals surface area (Å²) in [6, 6.07) is 0. The van der Waals surface area contributed by atoms with Crippen molar-refractivity contribution >= 4 is 11.9 Å². The van der Waals surface area contributed by atoms with E-state index in [0.29, 0.717) is 6.42 Å². The lowest BCUT2D eigenvalue weighted by molar-refractivity contribution is -0.166. The lowest BCUT2D eigenvalue weighted by Crippen LogP contribution is -2.33. The molecule has 0 radical (unpaired) electrons. The molecule has 0 aromatic heterocycles. The molecule has 1 heterocycles. The van der Waals surface area contributed by atoms with E-state index in [-0.39, 0.29) is 13.0 Å². The number of ketones is 1. The van der Waals surface area contributed by atoms with E-state index < -0.39 is 23.6 Å². The molecule has 16 heavy (non-hydrogen) atoms. The molecule has 90 valence electrons. The molecule has 0 fully saturated rings. The lowest BCUT2D eigenvalue weighted by Gasteiger charge is -2.23. The van der Waals surface area contributed by atoms with Crippen molar-refractivity contribution in [3.8, 4) is 0 Å². The number of nitrogens with zero attached hydrogens (tertiary/aromatic N) is 1. The van der Waals surface area contributed by atoms with E-state index in [0.717, 1.165) is 18.2 Å². The molecule has 0 saturated carbocycles. The van der Waals surface area contributed by atoms with Crippen LogP contribution in [0.5, 0.6) is 0 Å². The molecule has 0 atom stereocenters. The Bertz CT molecular complexity index is 335. The van der Waals surface area contributed by atoms with Crippen molar-refractivity contribution in [1.29, 1.82) is 0 Å². The second-order valence-corrected chi connectivity index (χ2v) is 3.25. The van der Waals surface area contributed by atoms with E-state index in [1.807, 2.05) is 0 Å². The van der Waals surface area contributed by atoms with Crippen LogP contribution in [0.15, 0.2) is 11.8 Å². The molecule has 1 aliphatic rings. The Balaban J connectivity index is 2.85. The molecule has 1 aliphatic heterocycles.